The molecular formula is C13H14N4S. The van der Waals surface area contributed by atoms with E-state index in [4.69, 9.17) is 0 Å². The number of benzene rings is 1. The maximum absolute atomic E-state index is 4.63. The van der Waals surface area contributed by atoms with Gasteiger partial charge in [-0.05, 0) is 24.7 Å². The van der Waals surface area contributed by atoms with Crippen LogP contribution in [0.25, 0.3) is 21.6 Å². The first kappa shape index (κ1) is 11.4. The third-order valence-electron chi connectivity index (χ3n) is 2.78. The van der Waals surface area contributed by atoms with Gasteiger partial charge in [-0.15, -0.1) is 11.3 Å². The third-order valence-corrected chi connectivity index (χ3v) is 3.72. The summed E-state index contributed by atoms with van der Waals surface area (Å²) in [5.41, 5.74) is 4.28. The zero-order chi connectivity index (χ0) is 12.4. The quantitative estimate of drug-likeness (QED) is 0.756. The van der Waals surface area contributed by atoms with Crippen LogP contribution in [0.3, 0.4) is 0 Å². The monoisotopic (exact) mass is 258 g/mol. The van der Waals surface area contributed by atoms with Crippen molar-refractivity contribution < 1.29 is 0 Å². The molecule has 1 aromatic carbocycles. The molecule has 2 aromatic heterocycles. The molecule has 18 heavy (non-hydrogen) atoms. The van der Waals surface area contributed by atoms with Gasteiger partial charge in [-0.1, -0.05) is 6.92 Å². The summed E-state index contributed by atoms with van der Waals surface area (Å²) >= 11 is 1.68. The van der Waals surface area contributed by atoms with E-state index < -0.39 is 0 Å². The minimum atomic E-state index is 0.833. The molecule has 2 N–H and O–H groups in total. The lowest BCUT2D eigenvalue weighted by Crippen LogP contribution is -2.11. The van der Waals surface area contributed by atoms with Crippen molar-refractivity contribution in [3.05, 3.63) is 35.6 Å². The first-order valence-corrected chi connectivity index (χ1v) is 6.83. The number of aromatic nitrogens is 3. The Morgan fingerprint density at radius 2 is 2.33 bits per heavy atom. The number of nitrogens with zero attached hydrogens (tertiary/aromatic N) is 2. The van der Waals surface area contributed by atoms with Crippen molar-refractivity contribution in [1.29, 1.82) is 0 Å². The minimum Gasteiger partial charge on any atom is -0.345 e. The number of aromatic amines is 1. The van der Waals surface area contributed by atoms with Gasteiger partial charge in [0.1, 0.15) is 5.01 Å². The Balaban J connectivity index is 1.90. The van der Waals surface area contributed by atoms with E-state index in [1.165, 1.54) is 0 Å². The Kier molecular flexibility index (Phi) is 3.08. The zero-order valence-electron chi connectivity index (χ0n) is 10.1. The molecule has 2 heterocycles. The second-order valence-corrected chi connectivity index (χ2v) is 4.92. The van der Waals surface area contributed by atoms with Gasteiger partial charge in [0.15, 0.2) is 0 Å². The molecule has 3 aromatic rings. The normalized spacial score (nSPS) is 11.2. The number of nitrogens with one attached hydrogen (secondary N) is 2. The maximum Gasteiger partial charge on any atom is 0.123 e. The van der Waals surface area contributed by atoms with Crippen LogP contribution in [0.2, 0.25) is 0 Å². The number of imidazole rings is 1. The van der Waals surface area contributed by atoms with Gasteiger partial charge in [0, 0.05) is 17.5 Å². The van der Waals surface area contributed by atoms with E-state index in [9.17, 15) is 0 Å². The predicted molar refractivity (Wildman–Crippen MR) is 74.6 cm³/mol. The van der Waals surface area contributed by atoms with Gasteiger partial charge < -0.3 is 10.3 Å². The van der Waals surface area contributed by atoms with E-state index in [0.717, 1.165) is 40.4 Å². The van der Waals surface area contributed by atoms with Crippen LogP contribution < -0.4 is 5.32 Å². The lowest BCUT2D eigenvalue weighted by Gasteiger charge is -1.97. The lowest BCUT2D eigenvalue weighted by atomic mass is 10.2. The molecule has 0 aliphatic heterocycles. The Bertz CT molecular complexity index is 656. The minimum absolute atomic E-state index is 0.833. The standard InChI is InChI=1S/C13H14N4S/c1-2-14-6-10-7-18-13(17-10)9-3-4-11-12(5-9)16-8-15-11/h3-5,7-8,14H,2,6H2,1H3,(H,15,16). The summed E-state index contributed by atoms with van der Waals surface area (Å²) in [6, 6.07) is 6.18. The molecule has 0 saturated heterocycles. The van der Waals surface area contributed by atoms with Crippen molar-refractivity contribution in [2.75, 3.05) is 6.54 Å². The van der Waals surface area contributed by atoms with E-state index in [1.807, 2.05) is 6.07 Å². The Morgan fingerprint density at radius 3 is 3.22 bits per heavy atom. The third kappa shape index (κ3) is 2.14. The van der Waals surface area contributed by atoms with Crippen molar-refractivity contribution in [3.8, 4) is 10.6 Å². The van der Waals surface area contributed by atoms with Crippen LogP contribution in [0.1, 0.15) is 12.6 Å². The fourth-order valence-electron chi connectivity index (χ4n) is 1.84. The van der Waals surface area contributed by atoms with E-state index in [-0.39, 0.29) is 0 Å². The Morgan fingerprint density at radius 1 is 1.39 bits per heavy atom. The maximum atomic E-state index is 4.63. The van der Waals surface area contributed by atoms with E-state index in [1.54, 1.807) is 17.7 Å². The van der Waals surface area contributed by atoms with Crippen LogP contribution in [-0.2, 0) is 6.54 Å². The molecule has 0 aliphatic rings. The summed E-state index contributed by atoms with van der Waals surface area (Å²) in [4.78, 5) is 12.0. The van der Waals surface area contributed by atoms with Crippen LogP contribution in [0.4, 0.5) is 0 Å². The van der Waals surface area contributed by atoms with Crippen molar-refractivity contribution in [3.63, 3.8) is 0 Å². The van der Waals surface area contributed by atoms with Crippen molar-refractivity contribution in [1.82, 2.24) is 20.3 Å². The highest BCUT2D eigenvalue weighted by Crippen LogP contribution is 2.26. The van der Waals surface area contributed by atoms with E-state index in [2.05, 4.69) is 44.7 Å². The molecule has 0 aliphatic carbocycles. The summed E-state index contributed by atoms with van der Waals surface area (Å²) in [6.07, 6.45) is 1.72. The number of hydrogen-bond donors (Lipinski definition) is 2. The topological polar surface area (TPSA) is 53.6 Å². The highest BCUT2D eigenvalue weighted by molar-refractivity contribution is 7.13. The van der Waals surface area contributed by atoms with Gasteiger partial charge in [-0.2, -0.15) is 0 Å². The van der Waals surface area contributed by atoms with Gasteiger partial charge in [-0.3, -0.25) is 0 Å². The van der Waals surface area contributed by atoms with E-state index in [0.29, 0.717) is 0 Å². The first-order valence-electron chi connectivity index (χ1n) is 5.95. The Labute approximate surface area is 109 Å². The zero-order valence-corrected chi connectivity index (χ0v) is 10.9. The number of fused-ring (bicyclic) bond motifs is 1. The average Bonchev–Trinajstić information content (AvgIpc) is 3.04. The fraction of sp³-hybridized carbons (Fsp3) is 0.231. The number of hydrogen-bond acceptors (Lipinski definition) is 4. The molecular weight excluding hydrogens is 244 g/mol. The second-order valence-electron chi connectivity index (χ2n) is 4.06. The van der Waals surface area contributed by atoms with Gasteiger partial charge in [0.05, 0.1) is 23.1 Å². The molecule has 0 atom stereocenters. The lowest BCUT2D eigenvalue weighted by molar-refractivity contribution is 0.715. The molecule has 92 valence electrons. The summed E-state index contributed by atoms with van der Waals surface area (Å²) in [5, 5.41) is 6.44. The van der Waals surface area contributed by atoms with Crippen LogP contribution in [0.15, 0.2) is 29.9 Å². The predicted octanol–water partition coefficient (Wildman–Crippen LogP) is 2.80. The molecule has 3 rings (SSSR count). The molecule has 0 amide bonds. The molecule has 0 radical (unpaired) electrons. The SMILES string of the molecule is CCNCc1csc(-c2ccc3nc[nH]c3c2)n1. The molecule has 0 saturated carbocycles. The van der Waals surface area contributed by atoms with Crippen LogP contribution in [0.5, 0.6) is 0 Å². The molecule has 0 unspecified atom stereocenters. The van der Waals surface area contributed by atoms with Gasteiger partial charge in [0.2, 0.25) is 0 Å². The first-order chi connectivity index (χ1) is 8.86. The Hall–Kier alpha value is -1.72. The van der Waals surface area contributed by atoms with Gasteiger partial charge in [0.25, 0.3) is 0 Å². The highest BCUT2D eigenvalue weighted by Gasteiger charge is 2.06. The summed E-state index contributed by atoms with van der Waals surface area (Å²) in [5.74, 6) is 0. The number of rotatable bonds is 4. The summed E-state index contributed by atoms with van der Waals surface area (Å²) < 4.78 is 0. The van der Waals surface area contributed by atoms with Crippen molar-refractivity contribution >= 4 is 22.4 Å². The van der Waals surface area contributed by atoms with Crippen LogP contribution in [0, 0.1) is 0 Å². The molecule has 0 fully saturated rings. The van der Waals surface area contributed by atoms with Crippen LogP contribution in [-0.4, -0.2) is 21.5 Å². The van der Waals surface area contributed by atoms with E-state index >= 15 is 0 Å². The molecule has 5 heteroatoms. The number of thiazole rings is 1. The fourth-order valence-corrected chi connectivity index (χ4v) is 2.66. The molecule has 4 nitrogen and oxygen atoms in total. The van der Waals surface area contributed by atoms with Crippen LogP contribution >= 0.6 is 11.3 Å². The second kappa shape index (κ2) is 4.88. The summed E-state index contributed by atoms with van der Waals surface area (Å²) in [7, 11) is 0. The van der Waals surface area contributed by atoms with Crippen molar-refractivity contribution in [2.45, 2.75) is 13.5 Å². The summed E-state index contributed by atoms with van der Waals surface area (Å²) in [6.45, 7) is 3.89. The van der Waals surface area contributed by atoms with Gasteiger partial charge >= 0.3 is 0 Å². The molecule has 0 bridgehead atoms. The average molecular weight is 258 g/mol. The van der Waals surface area contributed by atoms with Crippen molar-refractivity contribution in [2.24, 2.45) is 0 Å². The largest absolute Gasteiger partial charge is 0.345 e. The smallest absolute Gasteiger partial charge is 0.123 e. The molecule has 0 spiro atoms. The highest BCUT2D eigenvalue weighted by atomic mass is 32.1. The van der Waals surface area contributed by atoms with Gasteiger partial charge in [-0.25, -0.2) is 9.97 Å². The number of H-pyrrole nitrogens is 1.